The Bertz CT molecular complexity index is 265. The van der Waals surface area contributed by atoms with Crippen LogP contribution < -0.4 is 4.90 Å². The van der Waals surface area contributed by atoms with E-state index in [1.165, 1.54) is 0 Å². The topological polar surface area (TPSA) is 53.4 Å². The van der Waals surface area contributed by atoms with E-state index in [9.17, 15) is 4.79 Å². The summed E-state index contributed by atoms with van der Waals surface area (Å²) < 4.78 is 0. The molecule has 0 aliphatic carbocycles. The molecule has 1 N–H and O–H groups in total. The lowest BCUT2D eigenvalue weighted by molar-refractivity contribution is 0.203. The van der Waals surface area contributed by atoms with Crippen LogP contribution in [0, 0.1) is 0 Å². The number of nitrogens with zero attached hydrogens (tertiary/aromatic N) is 2. The van der Waals surface area contributed by atoms with Crippen molar-refractivity contribution in [1.29, 1.82) is 0 Å². The van der Waals surface area contributed by atoms with Gasteiger partial charge in [0.25, 0.3) is 0 Å². The number of hydrogen-bond donors (Lipinski definition) is 1. The smallest absolute Gasteiger partial charge is 0.413 e. The Morgan fingerprint density at radius 1 is 1.67 bits per heavy atom. The number of rotatable bonds is 2. The molecular formula is C7H7BrN2O2. The Labute approximate surface area is 78.0 Å². The number of alkyl halides is 1. The third-order valence-corrected chi connectivity index (χ3v) is 1.78. The van der Waals surface area contributed by atoms with Crippen molar-refractivity contribution in [3.63, 3.8) is 0 Å². The number of carbonyl (C=O) groups is 1. The Morgan fingerprint density at radius 2 is 2.42 bits per heavy atom. The molecular weight excluding hydrogens is 224 g/mol. The average Bonchev–Trinajstić information content (AvgIpc) is 2.07. The lowest BCUT2D eigenvalue weighted by Gasteiger charge is -2.13. The zero-order valence-electron chi connectivity index (χ0n) is 6.14. The van der Waals surface area contributed by atoms with Crippen molar-refractivity contribution in [1.82, 2.24) is 4.98 Å². The largest absolute Gasteiger partial charge is 0.465 e. The molecule has 0 aliphatic heterocycles. The zero-order chi connectivity index (χ0) is 8.97. The summed E-state index contributed by atoms with van der Waals surface area (Å²) in [7, 11) is 0. The summed E-state index contributed by atoms with van der Waals surface area (Å²) in [6.45, 7) is 0. The summed E-state index contributed by atoms with van der Waals surface area (Å²) in [6, 6.07) is 5.11. The second-order valence-corrected chi connectivity index (χ2v) is 2.52. The molecule has 0 bridgehead atoms. The Morgan fingerprint density at radius 3 is 2.83 bits per heavy atom. The van der Waals surface area contributed by atoms with E-state index in [2.05, 4.69) is 20.9 Å². The minimum absolute atomic E-state index is 0.222. The number of halogens is 1. The second-order valence-electron chi connectivity index (χ2n) is 2.02. The summed E-state index contributed by atoms with van der Waals surface area (Å²) >= 11 is 3.06. The summed E-state index contributed by atoms with van der Waals surface area (Å²) in [5, 5.41) is 8.68. The first-order valence-electron chi connectivity index (χ1n) is 3.23. The standard InChI is InChI=1S/C7H7BrN2O2/c8-5-10(7(11)12)6-3-1-2-4-9-6/h1-4H,5H2,(H,11,12). The average molecular weight is 231 g/mol. The van der Waals surface area contributed by atoms with Crippen molar-refractivity contribution in [2.24, 2.45) is 0 Å². The first-order valence-corrected chi connectivity index (χ1v) is 4.35. The number of aromatic nitrogens is 1. The van der Waals surface area contributed by atoms with E-state index >= 15 is 0 Å². The van der Waals surface area contributed by atoms with Gasteiger partial charge in [0.05, 0.1) is 5.45 Å². The van der Waals surface area contributed by atoms with Crippen LogP contribution in [-0.2, 0) is 0 Å². The molecule has 0 radical (unpaired) electrons. The minimum Gasteiger partial charge on any atom is -0.465 e. The number of pyridine rings is 1. The van der Waals surface area contributed by atoms with Crippen LogP contribution in [0.2, 0.25) is 0 Å². The van der Waals surface area contributed by atoms with Gasteiger partial charge in [0.1, 0.15) is 5.82 Å². The van der Waals surface area contributed by atoms with Gasteiger partial charge in [-0.05, 0) is 12.1 Å². The van der Waals surface area contributed by atoms with Gasteiger partial charge in [-0.25, -0.2) is 9.78 Å². The van der Waals surface area contributed by atoms with E-state index in [-0.39, 0.29) is 5.45 Å². The first kappa shape index (κ1) is 8.99. The van der Waals surface area contributed by atoms with Gasteiger partial charge in [-0.15, -0.1) is 0 Å². The monoisotopic (exact) mass is 230 g/mol. The van der Waals surface area contributed by atoms with Gasteiger partial charge in [-0.2, -0.15) is 0 Å². The summed E-state index contributed by atoms with van der Waals surface area (Å²) in [4.78, 5) is 15.6. The molecule has 12 heavy (non-hydrogen) atoms. The highest BCUT2D eigenvalue weighted by atomic mass is 79.9. The van der Waals surface area contributed by atoms with Gasteiger partial charge >= 0.3 is 6.09 Å². The number of anilines is 1. The first-order chi connectivity index (χ1) is 5.75. The summed E-state index contributed by atoms with van der Waals surface area (Å²) in [5.41, 5.74) is 0.222. The molecule has 1 aromatic heterocycles. The third kappa shape index (κ3) is 1.94. The van der Waals surface area contributed by atoms with Gasteiger partial charge < -0.3 is 5.11 Å². The van der Waals surface area contributed by atoms with Crippen LogP contribution in [0.25, 0.3) is 0 Å². The Kier molecular flexibility index (Phi) is 3.04. The maximum atomic E-state index is 10.6. The molecule has 0 aliphatic rings. The van der Waals surface area contributed by atoms with Crippen molar-refractivity contribution in [3.05, 3.63) is 24.4 Å². The molecule has 0 unspecified atom stereocenters. The molecule has 0 spiro atoms. The SMILES string of the molecule is O=C(O)N(CBr)c1ccccn1. The van der Waals surface area contributed by atoms with Gasteiger partial charge in [-0.3, -0.25) is 4.90 Å². The number of amides is 1. The van der Waals surface area contributed by atoms with Crippen LogP contribution in [0.3, 0.4) is 0 Å². The van der Waals surface area contributed by atoms with E-state index in [1.54, 1.807) is 24.4 Å². The van der Waals surface area contributed by atoms with E-state index in [1.807, 2.05) is 0 Å². The van der Waals surface area contributed by atoms with Gasteiger partial charge in [-0.1, -0.05) is 22.0 Å². The predicted octanol–water partition coefficient (Wildman–Crippen LogP) is 1.92. The zero-order valence-corrected chi connectivity index (χ0v) is 7.73. The molecule has 4 nitrogen and oxygen atoms in total. The highest BCUT2D eigenvalue weighted by molar-refractivity contribution is 9.09. The molecule has 0 aromatic carbocycles. The lowest BCUT2D eigenvalue weighted by Crippen LogP contribution is -2.28. The quantitative estimate of drug-likeness (QED) is 0.624. The van der Waals surface area contributed by atoms with Crippen LogP contribution in [0.1, 0.15) is 0 Å². The molecule has 1 heterocycles. The molecule has 0 atom stereocenters. The normalized spacial score (nSPS) is 9.42. The van der Waals surface area contributed by atoms with Crippen LogP contribution in [0.4, 0.5) is 10.6 Å². The Balaban J connectivity index is 2.88. The molecule has 64 valence electrons. The van der Waals surface area contributed by atoms with Crippen LogP contribution >= 0.6 is 15.9 Å². The third-order valence-electron chi connectivity index (χ3n) is 1.28. The maximum absolute atomic E-state index is 10.6. The highest BCUT2D eigenvalue weighted by Crippen LogP contribution is 2.10. The van der Waals surface area contributed by atoms with Gasteiger partial charge in [0.2, 0.25) is 0 Å². The van der Waals surface area contributed by atoms with E-state index in [0.29, 0.717) is 5.82 Å². The molecule has 5 heteroatoms. The minimum atomic E-state index is -1.02. The van der Waals surface area contributed by atoms with Gasteiger partial charge in [0, 0.05) is 6.20 Å². The predicted molar refractivity (Wildman–Crippen MR) is 48.5 cm³/mol. The fourth-order valence-electron chi connectivity index (χ4n) is 0.724. The maximum Gasteiger partial charge on any atom is 0.413 e. The molecule has 0 saturated carbocycles. The molecule has 0 fully saturated rings. The molecule has 1 rings (SSSR count). The van der Waals surface area contributed by atoms with Crippen molar-refractivity contribution in [2.75, 3.05) is 10.4 Å². The fraction of sp³-hybridized carbons (Fsp3) is 0.143. The van der Waals surface area contributed by atoms with Crippen molar-refractivity contribution in [2.45, 2.75) is 0 Å². The molecule has 1 amide bonds. The van der Waals surface area contributed by atoms with Crippen LogP contribution in [-0.4, -0.2) is 21.6 Å². The van der Waals surface area contributed by atoms with Crippen molar-refractivity contribution >= 4 is 27.8 Å². The van der Waals surface area contributed by atoms with Crippen LogP contribution in [0.5, 0.6) is 0 Å². The summed E-state index contributed by atoms with van der Waals surface area (Å²) in [5.74, 6) is 0.418. The summed E-state index contributed by atoms with van der Waals surface area (Å²) in [6.07, 6.45) is 0.527. The number of carboxylic acid groups (broad SMARTS) is 1. The van der Waals surface area contributed by atoms with Crippen LogP contribution in [0.15, 0.2) is 24.4 Å². The number of hydrogen-bond acceptors (Lipinski definition) is 2. The van der Waals surface area contributed by atoms with E-state index < -0.39 is 6.09 Å². The highest BCUT2D eigenvalue weighted by Gasteiger charge is 2.12. The van der Waals surface area contributed by atoms with Gasteiger partial charge in [0.15, 0.2) is 0 Å². The molecule has 1 aromatic rings. The van der Waals surface area contributed by atoms with E-state index in [0.717, 1.165) is 4.90 Å². The van der Waals surface area contributed by atoms with Crippen molar-refractivity contribution in [3.8, 4) is 0 Å². The van der Waals surface area contributed by atoms with Crippen molar-refractivity contribution < 1.29 is 9.90 Å². The molecule has 0 saturated heterocycles. The second kappa shape index (κ2) is 4.06. The fourth-order valence-corrected chi connectivity index (χ4v) is 1.20. The van der Waals surface area contributed by atoms with E-state index in [4.69, 9.17) is 5.11 Å². The Hall–Kier alpha value is -1.10. The lowest BCUT2D eigenvalue weighted by atomic mass is 10.4.